The minimum absolute atomic E-state index is 0.171. The van der Waals surface area contributed by atoms with E-state index in [4.69, 9.17) is 5.11 Å². The van der Waals surface area contributed by atoms with E-state index in [9.17, 15) is 31.1 Å². The molecule has 2 N–H and O–H groups in total. The molecule has 19 heavy (non-hydrogen) atoms. The average molecular weight is 287 g/mol. The highest BCUT2D eigenvalue weighted by atomic mass is 19.4. The van der Waals surface area contributed by atoms with Gasteiger partial charge in [0.05, 0.1) is 0 Å². The van der Waals surface area contributed by atoms with Crippen LogP contribution < -0.4 is 5.32 Å². The molecule has 0 radical (unpaired) electrons. The van der Waals surface area contributed by atoms with Crippen molar-refractivity contribution in [2.75, 3.05) is 5.32 Å². The van der Waals surface area contributed by atoms with E-state index in [0.29, 0.717) is 12.1 Å². The number of rotatable bonds is 3. The highest BCUT2D eigenvalue weighted by Gasteiger charge is 2.63. The van der Waals surface area contributed by atoms with Gasteiger partial charge in [-0.2, -0.15) is 13.2 Å². The molecule has 0 heterocycles. The first kappa shape index (κ1) is 15.1. The Morgan fingerprint density at radius 3 is 1.89 bits per heavy atom. The highest BCUT2D eigenvalue weighted by molar-refractivity contribution is 5.82. The van der Waals surface area contributed by atoms with Crippen LogP contribution >= 0.6 is 0 Å². The number of carboxylic acid groups (broad SMARTS) is 1. The molecule has 0 aliphatic carbocycles. The summed E-state index contributed by atoms with van der Waals surface area (Å²) >= 11 is 0. The van der Waals surface area contributed by atoms with Crippen LogP contribution in [0.15, 0.2) is 24.3 Å². The molecule has 1 aromatic carbocycles. The van der Waals surface area contributed by atoms with Crippen molar-refractivity contribution < 1.29 is 36.2 Å². The van der Waals surface area contributed by atoms with Crippen molar-refractivity contribution >= 4 is 11.8 Å². The molecule has 0 spiro atoms. The lowest BCUT2D eigenvalue weighted by Gasteiger charge is -2.27. The summed E-state index contributed by atoms with van der Waals surface area (Å²) in [6.45, 7) is 0. The summed E-state index contributed by atoms with van der Waals surface area (Å²) < 4.78 is 75.4. The Hall–Kier alpha value is -1.93. The quantitative estimate of drug-likeness (QED) is 0.831. The van der Waals surface area contributed by atoms with Gasteiger partial charge in [0.1, 0.15) is 0 Å². The number of benzene rings is 1. The maximum atomic E-state index is 13.5. The lowest BCUT2D eigenvalue weighted by atomic mass is 9.95. The zero-order valence-corrected chi connectivity index (χ0v) is 9.01. The zero-order valence-electron chi connectivity index (χ0n) is 9.01. The first-order chi connectivity index (χ1) is 8.59. The molecular formula is C10H7F6NO2. The fourth-order valence-electron chi connectivity index (χ4n) is 1.33. The monoisotopic (exact) mass is 287 g/mol. The Kier molecular flexibility index (Phi) is 3.97. The van der Waals surface area contributed by atoms with Gasteiger partial charge < -0.3 is 5.11 Å². The van der Waals surface area contributed by atoms with Crippen molar-refractivity contribution in [3.8, 4) is 0 Å². The molecule has 0 saturated heterocycles. The van der Waals surface area contributed by atoms with Crippen molar-refractivity contribution in [1.29, 1.82) is 0 Å². The third-order valence-electron chi connectivity index (χ3n) is 2.27. The maximum absolute atomic E-state index is 13.5. The third kappa shape index (κ3) is 2.91. The number of nitrogens with one attached hydrogen (secondary N) is 1. The smallest absolute Gasteiger partial charge is 0.432 e. The standard InChI is InChI=1S/C10H7F6NO2/c11-7(12)9(13,10(14,15)16)5-1-3-6(4-2-5)17-8(18)19/h1-4,7,17H,(H,18,19). The van der Waals surface area contributed by atoms with Crippen LogP contribution in [0.5, 0.6) is 0 Å². The summed E-state index contributed by atoms with van der Waals surface area (Å²) in [6, 6.07) is 2.41. The largest absolute Gasteiger partial charge is 0.465 e. The number of hydrogen-bond donors (Lipinski definition) is 2. The van der Waals surface area contributed by atoms with E-state index in [2.05, 4.69) is 0 Å². The third-order valence-corrected chi connectivity index (χ3v) is 2.27. The minimum atomic E-state index is -5.79. The summed E-state index contributed by atoms with van der Waals surface area (Å²) in [4.78, 5) is 10.2. The van der Waals surface area contributed by atoms with E-state index < -0.39 is 29.9 Å². The highest BCUT2D eigenvalue weighted by Crippen LogP contribution is 2.47. The van der Waals surface area contributed by atoms with Crippen LogP contribution in [0.1, 0.15) is 5.56 Å². The van der Waals surface area contributed by atoms with Crippen molar-refractivity contribution in [3.63, 3.8) is 0 Å². The van der Waals surface area contributed by atoms with Gasteiger partial charge in [-0.05, 0) is 12.1 Å². The van der Waals surface area contributed by atoms with E-state index in [1.165, 1.54) is 0 Å². The number of alkyl halides is 6. The second-order valence-corrected chi connectivity index (χ2v) is 3.52. The van der Waals surface area contributed by atoms with Gasteiger partial charge in [0.2, 0.25) is 0 Å². The Labute approximate surface area is 102 Å². The Morgan fingerprint density at radius 2 is 1.58 bits per heavy atom. The van der Waals surface area contributed by atoms with Gasteiger partial charge in [-0.1, -0.05) is 12.1 Å². The van der Waals surface area contributed by atoms with Crippen molar-refractivity contribution in [2.45, 2.75) is 18.3 Å². The van der Waals surface area contributed by atoms with E-state index in [1.807, 2.05) is 0 Å². The van der Waals surface area contributed by atoms with Crippen molar-refractivity contribution in [1.82, 2.24) is 0 Å². The van der Waals surface area contributed by atoms with Crippen LogP contribution in [0.4, 0.5) is 36.8 Å². The molecule has 1 amide bonds. The van der Waals surface area contributed by atoms with Gasteiger partial charge >= 0.3 is 12.3 Å². The molecular weight excluding hydrogens is 280 g/mol. The molecule has 0 aromatic heterocycles. The molecule has 1 atom stereocenters. The number of anilines is 1. The van der Waals surface area contributed by atoms with Crippen LogP contribution in [0, 0.1) is 0 Å². The normalized spacial score (nSPS) is 15.1. The van der Waals surface area contributed by atoms with Gasteiger partial charge in [0, 0.05) is 11.3 Å². The number of hydrogen-bond acceptors (Lipinski definition) is 1. The Balaban J connectivity index is 3.16. The van der Waals surface area contributed by atoms with E-state index in [-0.39, 0.29) is 5.69 Å². The van der Waals surface area contributed by atoms with Crippen LogP contribution in [-0.4, -0.2) is 23.8 Å². The number of carbonyl (C=O) groups is 1. The van der Waals surface area contributed by atoms with Gasteiger partial charge in [-0.15, -0.1) is 0 Å². The van der Waals surface area contributed by atoms with Crippen LogP contribution in [0.2, 0.25) is 0 Å². The number of halogens is 6. The van der Waals surface area contributed by atoms with E-state index in [1.54, 1.807) is 5.32 Å². The summed E-state index contributed by atoms with van der Waals surface area (Å²) in [5.74, 6) is 0. The van der Waals surface area contributed by atoms with Crippen LogP contribution in [0.3, 0.4) is 0 Å². The Bertz CT molecular complexity index is 458. The summed E-state index contributed by atoms with van der Waals surface area (Å²) in [7, 11) is 0. The zero-order chi connectivity index (χ0) is 14.8. The van der Waals surface area contributed by atoms with Gasteiger partial charge in [0.15, 0.2) is 0 Å². The minimum Gasteiger partial charge on any atom is -0.465 e. The van der Waals surface area contributed by atoms with Crippen molar-refractivity contribution in [3.05, 3.63) is 29.8 Å². The predicted molar refractivity (Wildman–Crippen MR) is 52.9 cm³/mol. The molecule has 0 fully saturated rings. The molecule has 0 saturated carbocycles. The average Bonchev–Trinajstić information content (AvgIpc) is 2.26. The molecule has 0 aliphatic rings. The SMILES string of the molecule is O=C(O)Nc1ccc(C(F)(C(F)F)C(F)(F)F)cc1. The van der Waals surface area contributed by atoms with Gasteiger partial charge in [0.25, 0.3) is 12.1 Å². The molecule has 0 bridgehead atoms. The maximum Gasteiger partial charge on any atom is 0.432 e. The second kappa shape index (κ2) is 4.98. The molecule has 106 valence electrons. The summed E-state index contributed by atoms with van der Waals surface area (Å²) in [6.07, 6.45) is -11.6. The molecule has 1 rings (SSSR count). The van der Waals surface area contributed by atoms with Crippen LogP contribution in [0.25, 0.3) is 0 Å². The predicted octanol–water partition coefficient (Wildman–Crippen LogP) is 3.77. The Morgan fingerprint density at radius 1 is 1.11 bits per heavy atom. The van der Waals surface area contributed by atoms with E-state index in [0.717, 1.165) is 12.1 Å². The van der Waals surface area contributed by atoms with Crippen LogP contribution in [-0.2, 0) is 5.67 Å². The first-order valence-corrected chi connectivity index (χ1v) is 4.73. The fourth-order valence-corrected chi connectivity index (χ4v) is 1.33. The van der Waals surface area contributed by atoms with Crippen molar-refractivity contribution in [2.24, 2.45) is 0 Å². The molecule has 1 unspecified atom stereocenters. The molecule has 3 nitrogen and oxygen atoms in total. The molecule has 1 aromatic rings. The summed E-state index contributed by atoms with van der Waals surface area (Å²) in [5, 5.41) is 10.1. The first-order valence-electron chi connectivity index (χ1n) is 4.73. The summed E-state index contributed by atoms with van der Waals surface area (Å²) in [5.41, 5.74) is -6.27. The fraction of sp³-hybridized carbons (Fsp3) is 0.300. The number of amides is 1. The van der Waals surface area contributed by atoms with Gasteiger partial charge in [-0.3, -0.25) is 5.32 Å². The lowest BCUT2D eigenvalue weighted by Crippen LogP contribution is -2.44. The molecule has 9 heteroatoms. The molecule has 0 aliphatic heterocycles. The topological polar surface area (TPSA) is 49.3 Å². The van der Waals surface area contributed by atoms with Gasteiger partial charge in [-0.25, -0.2) is 18.0 Å². The second-order valence-electron chi connectivity index (χ2n) is 3.52. The van der Waals surface area contributed by atoms with E-state index >= 15 is 0 Å². The lowest BCUT2D eigenvalue weighted by molar-refractivity contribution is -0.274.